The van der Waals surface area contributed by atoms with E-state index in [0.29, 0.717) is 25.4 Å². The number of carbonyl (C=O) groups excluding carboxylic acids is 2. The molecule has 222 valence electrons. The van der Waals surface area contributed by atoms with Gasteiger partial charge in [-0.25, -0.2) is 9.59 Å². The second-order valence-electron chi connectivity index (χ2n) is 10.4. The van der Waals surface area contributed by atoms with E-state index in [0.717, 1.165) is 30.6 Å². The van der Waals surface area contributed by atoms with Crippen molar-refractivity contribution in [3.8, 4) is 16.9 Å². The molecular weight excluding hydrogens is 544 g/mol. The number of nitrogens with one attached hydrogen (secondary N) is 2. The highest BCUT2D eigenvalue weighted by Gasteiger charge is 2.29. The first-order valence-electron chi connectivity index (χ1n) is 14.5. The van der Waals surface area contributed by atoms with Crippen molar-refractivity contribution in [1.29, 1.82) is 0 Å². The van der Waals surface area contributed by atoms with Crippen LogP contribution in [0.5, 0.6) is 5.75 Å². The van der Waals surface area contributed by atoms with E-state index in [2.05, 4.69) is 41.0 Å². The summed E-state index contributed by atoms with van der Waals surface area (Å²) in [7, 11) is 0. The van der Waals surface area contributed by atoms with Crippen LogP contribution in [-0.2, 0) is 24.4 Å². The molecule has 3 N–H and O–H groups in total. The molecule has 0 bridgehead atoms. The number of aliphatic hydroxyl groups is 1. The minimum absolute atomic E-state index is 0.0431. The van der Waals surface area contributed by atoms with E-state index in [9.17, 15) is 14.7 Å². The number of carbonyl (C=O) groups is 2. The van der Waals surface area contributed by atoms with Gasteiger partial charge in [0.05, 0.1) is 25.8 Å². The van der Waals surface area contributed by atoms with Crippen LogP contribution in [0.3, 0.4) is 0 Å². The highest BCUT2D eigenvalue weighted by molar-refractivity contribution is 5.89. The first-order chi connectivity index (χ1) is 21.1. The van der Waals surface area contributed by atoms with Crippen LogP contribution in [0.15, 0.2) is 103 Å². The van der Waals surface area contributed by atoms with Gasteiger partial charge < -0.3 is 30.1 Å². The maximum Gasteiger partial charge on any atom is 0.414 e. The molecule has 1 aromatic heterocycles. The molecule has 43 heavy (non-hydrogen) atoms. The molecule has 9 heteroatoms. The van der Waals surface area contributed by atoms with Gasteiger partial charge in [-0.1, -0.05) is 54.6 Å². The lowest BCUT2D eigenvalue weighted by Gasteiger charge is -2.21. The SMILES string of the molecule is O=C(NCc1ccc[n+](COC(=O)N2CCC[C@H]2CO)c1)Nc1ccc(OCCc2ccccc2-c2ccccc2)cc1. The van der Waals surface area contributed by atoms with E-state index in [4.69, 9.17) is 9.47 Å². The van der Waals surface area contributed by atoms with Gasteiger partial charge in [-0.15, -0.1) is 0 Å². The molecule has 9 nitrogen and oxygen atoms in total. The summed E-state index contributed by atoms with van der Waals surface area (Å²) in [6.45, 7) is 1.41. The summed E-state index contributed by atoms with van der Waals surface area (Å²) in [4.78, 5) is 26.4. The first-order valence-corrected chi connectivity index (χ1v) is 14.5. The normalized spacial score (nSPS) is 14.3. The molecule has 1 aliphatic rings. The summed E-state index contributed by atoms with van der Waals surface area (Å²) in [6.07, 6.45) is 5.58. The Morgan fingerprint density at radius 1 is 0.953 bits per heavy atom. The minimum Gasteiger partial charge on any atom is -0.493 e. The molecule has 0 unspecified atom stereocenters. The predicted octanol–water partition coefficient (Wildman–Crippen LogP) is 5.14. The van der Waals surface area contributed by atoms with E-state index < -0.39 is 6.09 Å². The molecule has 1 atom stereocenters. The van der Waals surface area contributed by atoms with Crippen molar-refractivity contribution in [2.75, 3.05) is 25.1 Å². The van der Waals surface area contributed by atoms with Gasteiger partial charge in [0.15, 0.2) is 12.4 Å². The Hall–Kier alpha value is -4.89. The van der Waals surface area contributed by atoms with Crippen molar-refractivity contribution in [3.63, 3.8) is 0 Å². The lowest BCUT2D eigenvalue weighted by atomic mass is 9.98. The molecule has 1 aliphatic heterocycles. The van der Waals surface area contributed by atoms with Gasteiger partial charge in [-0.3, -0.25) is 0 Å². The van der Waals surface area contributed by atoms with Crippen molar-refractivity contribution >= 4 is 17.8 Å². The first kappa shape index (κ1) is 29.6. The third-order valence-corrected chi connectivity index (χ3v) is 7.39. The maximum absolute atomic E-state index is 12.5. The second kappa shape index (κ2) is 14.8. The highest BCUT2D eigenvalue weighted by Crippen LogP contribution is 2.24. The summed E-state index contributed by atoms with van der Waals surface area (Å²) >= 11 is 0. The lowest BCUT2D eigenvalue weighted by molar-refractivity contribution is -0.727. The third kappa shape index (κ3) is 8.33. The number of hydrogen-bond donors (Lipinski definition) is 3. The minimum atomic E-state index is -0.434. The fourth-order valence-corrected chi connectivity index (χ4v) is 5.15. The second-order valence-corrected chi connectivity index (χ2v) is 10.4. The number of likely N-dealkylation sites (tertiary alicyclic amines) is 1. The lowest BCUT2D eigenvalue weighted by Crippen LogP contribution is -2.42. The van der Waals surface area contributed by atoms with Gasteiger partial charge in [0.2, 0.25) is 0 Å². The Morgan fingerprint density at radius 2 is 1.74 bits per heavy atom. The topological polar surface area (TPSA) is 104 Å². The zero-order valence-electron chi connectivity index (χ0n) is 24.0. The average molecular weight is 582 g/mol. The van der Waals surface area contributed by atoms with E-state index >= 15 is 0 Å². The number of aliphatic hydroxyl groups excluding tert-OH is 1. The van der Waals surface area contributed by atoms with Crippen LogP contribution in [0.1, 0.15) is 24.0 Å². The number of rotatable bonds is 11. The molecule has 1 saturated heterocycles. The molecule has 0 saturated carbocycles. The quantitative estimate of drug-likeness (QED) is 0.213. The van der Waals surface area contributed by atoms with Crippen LogP contribution < -0.4 is 19.9 Å². The Morgan fingerprint density at radius 3 is 2.56 bits per heavy atom. The summed E-state index contributed by atoms with van der Waals surface area (Å²) < 4.78 is 13.1. The van der Waals surface area contributed by atoms with Crippen molar-refractivity contribution in [2.45, 2.75) is 38.6 Å². The number of amides is 3. The number of urea groups is 1. The monoisotopic (exact) mass is 581 g/mol. The zero-order valence-corrected chi connectivity index (χ0v) is 24.0. The number of benzene rings is 3. The van der Waals surface area contributed by atoms with Crippen molar-refractivity contribution in [2.24, 2.45) is 0 Å². The van der Waals surface area contributed by atoms with Gasteiger partial charge in [0.25, 0.3) is 6.73 Å². The average Bonchev–Trinajstić information content (AvgIpc) is 3.54. The highest BCUT2D eigenvalue weighted by atomic mass is 16.6. The molecule has 4 aromatic rings. The molecule has 1 fully saturated rings. The van der Waals surface area contributed by atoms with Gasteiger partial charge in [0.1, 0.15) is 5.75 Å². The smallest absolute Gasteiger partial charge is 0.414 e. The van der Waals surface area contributed by atoms with Crippen molar-refractivity contribution in [3.05, 3.63) is 115 Å². The Kier molecular flexibility index (Phi) is 10.2. The fourth-order valence-electron chi connectivity index (χ4n) is 5.15. The Balaban J connectivity index is 1.04. The maximum atomic E-state index is 12.5. The molecule has 2 heterocycles. The predicted molar refractivity (Wildman–Crippen MR) is 163 cm³/mol. The van der Waals surface area contributed by atoms with E-state index in [-0.39, 0.29) is 25.4 Å². The fraction of sp³-hybridized carbons (Fsp3) is 0.265. The number of hydrogen-bond acceptors (Lipinski definition) is 5. The third-order valence-electron chi connectivity index (χ3n) is 7.39. The van der Waals surface area contributed by atoms with Crippen LogP contribution in [0.2, 0.25) is 0 Å². The molecule has 0 aliphatic carbocycles. The van der Waals surface area contributed by atoms with Gasteiger partial charge in [-0.05, 0) is 59.9 Å². The number of ether oxygens (including phenoxy) is 2. The van der Waals surface area contributed by atoms with Crippen LogP contribution >= 0.6 is 0 Å². The van der Waals surface area contributed by atoms with Crippen LogP contribution in [-0.4, -0.2) is 47.9 Å². The Bertz CT molecular complexity index is 1500. The summed E-state index contributed by atoms with van der Waals surface area (Å²) in [6, 6.07) is 29.2. The van der Waals surface area contributed by atoms with Crippen LogP contribution in [0.4, 0.5) is 15.3 Å². The van der Waals surface area contributed by atoms with Gasteiger partial charge >= 0.3 is 12.1 Å². The number of anilines is 1. The number of aromatic nitrogens is 1. The summed E-state index contributed by atoms with van der Waals surface area (Å²) in [5.74, 6) is 0.731. The van der Waals surface area contributed by atoms with E-state index in [1.54, 1.807) is 27.8 Å². The molecule has 3 amide bonds. The molecule has 3 aromatic carbocycles. The van der Waals surface area contributed by atoms with Crippen LogP contribution in [0, 0.1) is 0 Å². The van der Waals surface area contributed by atoms with E-state index in [1.165, 1.54) is 16.7 Å². The molecule has 5 rings (SSSR count). The molecule has 0 radical (unpaired) electrons. The van der Waals surface area contributed by atoms with Crippen molar-refractivity contribution < 1.29 is 28.7 Å². The van der Waals surface area contributed by atoms with Crippen molar-refractivity contribution in [1.82, 2.24) is 10.2 Å². The summed E-state index contributed by atoms with van der Waals surface area (Å²) in [5, 5.41) is 15.1. The zero-order chi connectivity index (χ0) is 29.9. The molecule has 0 spiro atoms. The van der Waals surface area contributed by atoms with Gasteiger partial charge in [-0.2, -0.15) is 4.57 Å². The number of pyridine rings is 1. The molecular formula is C34H37N4O5+. The van der Waals surface area contributed by atoms with Gasteiger partial charge in [0, 0.05) is 30.3 Å². The summed E-state index contributed by atoms with van der Waals surface area (Å²) in [5.41, 5.74) is 5.12. The standard InChI is InChI=1S/C34H36N4O5/c39-24-30-12-7-20-38(30)34(41)43-25-37-19-6-8-26(23-37)22-35-33(40)36-29-14-16-31(17-15-29)42-21-18-28-11-4-5-13-32(28)27-9-2-1-3-10-27/h1-6,8-11,13-17,19,23,30,39H,7,12,18,20-22,24-25H2,(H-,35,36,40)/p+1/t30-/m0/s1. The largest absolute Gasteiger partial charge is 0.493 e. The van der Waals surface area contributed by atoms with Crippen LogP contribution in [0.25, 0.3) is 11.1 Å². The van der Waals surface area contributed by atoms with E-state index in [1.807, 2.05) is 54.7 Å². The number of nitrogens with zero attached hydrogens (tertiary/aromatic N) is 2. The Labute approximate surface area is 251 Å².